The Labute approximate surface area is 166 Å². The molecule has 0 aromatic carbocycles. The summed E-state index contributed by atoms with van der Waals surface area (Å²) in [6, 6.07) is 2.22. The molecule has 2 saturated heterocycles. The third kappa shape index (κ3) is 5.02. The average molecular weight is 390 g/mol. The lowest BCUT2D eigenvalue weighted by Crippen LogP contribution is -2.48. The van der Waals surface area contributed by atoms with Crippen molar-refractivity contribution in [2.75, 3.05) is 56.1 Å². The second-order valence-electron chi connectivity index (χ2n) is 7.29. The van der Waals surface area contributed by atoms with E-state index < -0.39 is 0 Å². The van der Waals surface area contributed by atoms with E-state index in [2.05, 4.69) is 15.2 Å². The van der Waals surface area contributed by atoms with Crippen LogP contribution in [0.3, 0.4) is 0 Å². The van der Waals surface area contributed by atoms with Crippen molar-refractivity contribution in [1.82, 2.24) is 19.8 Å². The summed E-state index contributed by atoms with van der Waals surface area (Å²) in [5, 5.41) is 3.50. The number of hydrogen-bond acceptors (Lipinski definition) is 7. The summed E-state index contributed by atoms with van der Waals surface area (Å²) in [7, 11) is 0. The zero-order chi connectivity index (χ0) is 20.1. The fourth-order valence-corrected chi connectivity index (χ4v) is 3.62. The van der Waals surface area contributed by atoms with Crippen LogP contribution < -0.4 is 10.2 Å². The lowest BCUT2D eigenvalue weighted by Gasteiger charge is -2.35. The molecule has 0 unspecified atom stereocenters. The largest absolute Gasteiger partial charge is 0.450 e. The van der Waals surface area contributed by atoms with Crippen molar-refractivity contribution in [2.45, 2.75) is 39.7 Å². The fraction of sp³-hybridized carbons (Fsp3) is 0.684. The number of aryl methyl sites for hydroxylation is 1. The Bertz CT molecular complexity index is 697. The fourth-order valence-electron chi connectivity index (χ4n) is 3.62. The number of likely N-dealkylation sites (tertiary alicyclic amines) is 1. The third-order valence-electron chi connectivity index (χ3n) is 5.22. The molecular formula is C19H30N6O3. The van der Waals surface area contributed by atoms with Crippen molar-refractivity contribution in [1.29, 1.82) is 0 Å². The molecule has 0 saturated carbocycles. The summed E-state index contributed by atoms with van der Waals surface area (Å²) in [6.45, 7) is 10.0. The third-order valence-corrected chi connectivity index (χ3v) is 5.22. The van der Waals surface area contributed by atoms with E-state index in [1.54, 1.807) is 11.8 Å². The van der Waals surface area contributed by atoms with E-state index >= 15 is 0 Å². The number of ether oxygens (including phenoxy) is 1. The van der Waals surface area contributed by atoms with Gasteiger partial charge in [-0.05, 0) is 26.7 Å². The highest BCUT2D eigenvalue weighted by molar-refractivity contribution is 5.73. The molecule has 0 bridgehead atoms. The SMILES string of the molecule is CCOC(=O)N1CCC(Nc2cc(C)nc(N3CCN(C(C)=O)CC3)n2)CC1. The topological polar surface area (TPSA) is 90.9 Å². The monoisotopic (exact) mass is 390 g/mol. The predicted molar refractivity (Wildman–Crippen MR) is 106 cm³/mol. The number of piperazine rings is 1. The molecular weight excluding hydrogens is 360 g/mol. The average Bonchev–Trinajstić information content (AvgIpc) is 2.68. The molecule has 9 nitrogen and oxygen atoms in total. The maximum atomic E-state index is 11.8. The summed E-state index contributed by atoms with van der Waals surface area (Å²) in [4.78, 5) is 38.3. The van der Waals surface area contributed by atoms with E-state index in [9.17, 15) is 9.59 Å². The zero-order valence-electron chi connectivity index (χ0n) is 17.0. The molecule has 0 radical (unpaired) electrons. The van der Waals surface area contributed by atoms with E-state index in [4.69, 9.17) is 9.72 Å². The van der Waals surface area contributed by atoms with Crippen molar-refractivity contribution in [2.24, 2.45) is 0 Å². The first-order chi connectivity index (χ1) is 13.5. The van der Waals surface area contributed by atoms with E-state index in [1.165, 1.54) is 0 Å². The van der Waals surface area contributed by atoms with Crippen LogP contribution in [-0.2, 0) is 9.53 Å². The van der Waals surface area contributed by atoms with Crippen molar-refractivity contribution < 1.29 is 14.3 Å². The Morgan fingerprint density at radius 2 is 1.79 bits per heavy atom. The van der Waals surface area contributed by atoms with Gasteiger partial charge in [0.1, 0.15) is 5.82 Å². The zero-order valence-corrected chi connectivity index (χ0v) is 17.0. The normalized spacial score (nSPS) is 18.2. The van der Waals surface area contributed by atoms with Crippen molar-refractivity contribution in [3.8, 4) is 0 Å². The van der Waals surface area contributed by atoms with Gasteiger partial charge in [0.05, 0.1) is 6.61 Å². The number of aromatic nitrogens is 2. The Morgan fingerprint density at radius 1 is 1.11 bits per heavy atom. The maximum absolute atomic E-state index is 11.8. The molecule has 0 atom stereocenters. The summed E-state index contributed by atoms with van der Waals surface area (Å²) in [5.41, 5.74) is 0.908. The molecule has 1 aromatic rings. The Kier molecular flexibility index (Phi) is 6.53. The van der Waals surface area contributed by atoms with Gasteiger partial charge in [0.25, 0.3) is 0 Å². The van der Waals surface area contributed by atoms with Gasteiger partial charge in [-0.2, -0.15) is 4.98 Å². The standard InChI is InChI=1S/C19H30N6O3/c1-4-28-19(27)25-7-5-16(6-8-25)21-17-13-14(2)20-18(22-17)24-11-9-23(10-12-24)15(3)26/h13,16H,4-12H2,1-3H3,(H,20,21,22). The number of anilines is 2. The van der Waals surface area contributed by atoms with Crippen LogP contribution in [0.1, 0.15) is 32.4 Å². The van der Waals surface area contributed by atoms with Gasteiger partial charge in [-0.1, -0.05) is 0 Å². The number of carbonyl (C=O) groups is 2. The molecule has 2 fully saturated rings. The van der Waals surface area contributed by atoms with Crippen LogP contribution >= 0.6 is 0 Å². The number of piperidine rings is 1. The molecule has 9 heteroatoms. The van der Waals surface area contributed by atoms with Crippen molar-refractivity contribution >= 4 is 23.8 Å². The van der Waals surface area contributed by atoms with E-state index in [0.717, 1.165) is 37.4 Å². The first-order valence-corrected chi connectivity index (χ1v) is 10.0. The lowest BCUT2D eigenvalue weighted by molar-refractivity contribution is -0.129. The van der Waals surface area contributed by atoms with Crippen LogP contribution in [0, 0.1) is 6.92 Å². The Morgan fingerprint density at radius 3 is 2.39 bits per heavy atom. The molecule has 2 amide bonds. The smallest absolute Gasteiger partial charge is 0.409 e. The van der Waals surface area contributed by atoms with Crippen molar-refractivity contribution in [3.63, 3.8) is 0 Å². The molecule has 28 heavy (non-hydrogen) atoms. The van der Waals surface area contributed by atoms with Crippen LogP contribution in [0.4, 0.5) is 16.6 Å². The van der Waals surface area contributed by atoms with E-state index in [0.29, 0.717) is 38.7 Å². The van der Waals surface area contributed by atoms with Gasteiger partial charge in [0, 0.05) is 64.0 Å². The number of rotatable bonds is 4. The molecule has 0 spiro atoms. The van der Waals surface area contributed by atoms with Crippen LogP contribution in [0.5, 0.6) is 0 Å². The number of carbonyl (C=O) groups excluding carboxylic acids is 2. The summed E-state index contributed by atoms with van der Waals surface area (Å²) in [5.74, 6) is 1.63. The van der Waals surface area contributed by atoms with E-state index in [-0.39, 0.29) is 18.0 Å². The maximum Gasteiger partial charge on any atom is 0.409 e. The molecule has 154 valence electrons. The molecule has 1 aromatic heterocycles. The minimum atomic E-state index is -0.231. The molecule has 3 rings (SSSR count). The first-order valence-electron chi connectivity index (χ1n) is 10.0. The Balaban J connectivity index is 1.57. The van der Waals surface area contributed by atoms with Gasteiger partial charge < -0.3 is 24.8 Å². The van der Waals surface area contributed by atoms with Gasteiger partial charge in [0.15, 0.2) is 0 Å². The second kappa shape index (κ2) is 9.07. The van der Waals surface area contributed by atoms with Crippen molar-refractivity contribution in [3.05, 3.63) is 11.8 Å². The van der Waals surface area contributed by atoms with Gasteiger partial charge in [-0.3, -0.25) is 4.79 Å². The summed E-state index contributed by atoms with van der Waals surface area (Å²) in [6.07, 6.45) is 1.48. The molecule has 3 heterocycles. The number of nitrogens with one attached hydrogen (secondary N) is 1. The highest BCUT2D eigenvalue weighted by Gasteiger charge is 2.25. The quantitative estimate of drug-likeness (QED) is 0.833. The highest BCUT2D eigenvalue weighted by Crippen LogP contribution is 2.20. The van der Waals surface area contributed by atoms with E-state index in [1.807, 2.05) is 24.8 Å². The van der Waals surface area contributed by atoms with Crippen LogP contribution in [0.2, 0.25) is 0 Å². The van der Waals surface area contributed by atoms with Crippen LogP contribution in [0.15, 0.2) is 6.07 Å². The predicted octanol–water partition coefficient (Wildman–Crippen LogP) is 1.49. The lowest BCUT2D eigenvalue weighted by atomic mass is 10.1. The van der Waals surface area contributed by atoms with Crippen LogP contribution in [0.25, 0.3) is 0 Å². The van der Waals surface area contributed by atoms with Crippen LogP contribution in [-0.4, -0.2) is 83.7 Å². The highest BCUT2D eigenvalue weighted by atomic mass is 16.6. The van der Waals surface area contributed by atoms with Gasteiger partial charge >= 0.3 is 6.09 Å². The molecule has 0 aliphatic carbocycles. The number of nitrogens with zero attached hydrogens (tertiary/aromatic N) is 5. The van der Waals surface area contributed by atoms with Gasteiger partial charge in [0.2, 0.25) is 11.9 Å². The minimum Gasteiger partial charge on any atom is -0.450 e. The first kappa shape index (κ1) is 20.2. The Hall–Kier alpha value is -2.58. The number of hydrogen-bond donors (Lipinski definition) is 1. The van der Waals surface area contributed by atoms with Gasteiger partial charge in [-0.15, -0.1) is 0 Å². The molecule has 2 aliphatic rings. The molecule has 2 aliphatic heterocycles. The molecule has 1 N–H and O–H groups in total. The summed E-state index contributed by atoms with van der Waals surface area (Å²) < 4.78 is 5.07. The number of amides is 2. The second-order valence-corrected chi connectivity index (χ2v) is 7.29. The van der Waals surface area contributed by atoms with Gasteiger partial charge in [-0.25, -0.2) is 9.78 Å². The summed E-state index contributed by atoms with van der Waals surface area (Å²) >= 11 is 0. The minimum absolute atomic E-state index is 0.112.